The Labute approximate surface area is 171 Å². The van der Waals surface area contributed by atoms with Crippen molar-refractivity contribution < 1.29 is 23.0 Å². The number of alkyl halides is 2. The van der Waals surface area contributed by atoms with E-state index in [-0.39, 0.29) is 29.9 Å². The summed E-state index contributed by atoms with van der Waals surface area (Å²) in [7, 11) is 1.53. The molecule has 0 bridgehead atoms. The van der Waals surface area contributed by atoms with E-state index in [1.807, 2.05) is 6.07 Å². The molecule has 1 saturated heterocycles. The van der Waals surface area contributed by atoms with Crippen molar-refractivity contribution in [1.29, 1.82) is 0 Å². The van der Waals surface area contributed by atoms with E-state index in [2.05, 4.69) is 15.1 Å². The van der Waals surface area contributed by atoms with Crippen molar-refractivity contribution >= 4 is 11.7 Å². The number of carbonyl (C=O) groups is 1. The number of ether oxygens (including phenoxy) is 2. The van der Waals surface area contributed by atoms with E-state index >= 15 is 0 Å². The lowest BCUT2D eigenvalue weighted by Crippen LogP contribution is -2.41. The van der Waals surface area contributed by atoms with Crippen LogP contribution in [0.25, 0.3) is 5.78 Å². The fourth-order valence-electron chi connectivity index (χ4n) is 3.63. The summed E-state index contributed by atoms with van der Waals surface area (Å²) in [4.78, 5) is 22.7. The number of piperidine rings is 1. The topological polar surface area (TPSA) is 81.9 Å². The molecule has 0 radical (unpaired) electrons. The zero-order chi connectivity index (χ0) is 21.1. The Morgan fingerprint density at radius 2 is 2.10 bits per heavy atom. The SMILES string of the molecule is COc1ccccc1OCC(=O)N1CCCC(c2cc(C(F)F)n3ncnc3n2)C1. The van der Waals surface area contributed by atoms with Gasteiger partial charge in [0, 0.05) is 19.0 Å². The second-order valence-electron chi connectivity index (χ2n) is 7.00. The Bertz CT molecular complexity index is 1040. The van der Waals surface area contributed by atoms with Gasteiger partial charge in [-0.1, -0.05) is 12.1 Å². The summed E-state index contributed by atoms with van der Waals surface area (Å²) in [5, 5.41) is 3.81. The molecule has 1 amide bonds. The molecule has 10 heteroatoms. The summed E-state index contributed by atoms with van der Waals surface area (Å²) in [6.07, 6.45) is -0.0122. The maximum Gasteiger partial charge on any atom is 0.280 e. The third-order valence-electron chi connectivity index (χ3n) is 5.14. The molecule has 1 fully saturated rings. The number of amides is 1. The highest BCUT2D eigenvalue weighted by molar-refractivity contribution is 5.78. The van der Waals surface area contributed by atoms with Gasteiger partial charge in [0.05, 0.1) is 12.8 Å². The van der Waals surface area contributed by atoms with Crippen LogP contribution in [-0.2, 0) is 4.79 Å². The molecular formula is C20H21F2N5O3. The summed E-state index contributed by atoms with van der Waals surface area (Å²) in [5.41, 5.74) is 0.240. The number of para-hydroxylation sites is 2. The van der Waals surface area contributed by atoms with Crippen LogP contribution in [-0.4, -0.2) is 57.2 Å². The van der Waals surface area contributed by atoms with Crippen molar-refractivity contribution in [1.82, 2.24) is 24.5 Å². The molecule has 0 aliphatic carbocycles. The minimum atomic E-state index is -2.70. The Hall–Kier alpha value is -3.30. The maximum atomic E-state index is 13.4. The fourth-order valence-corrected chi connectivity index (χ4v) is 3.63. The molecule has 1 aromatic carbocycles. The molecule has 158 valence electrons. The lowest BCUT2D eigenvalue weighted by atomic mass is 9.94. The van der Waals surface area contributed by atoms with Crippen LogP contribution in [0.15, 0.2) is 36.7 Å². The van der Waals surface area contributed by atoms with Gasteiger partial charge in [0.1, 0.15) is 12.0 Å². The van der Waals surface area contributed by atoms with Gasteiger partial charge in [-0.05, 0) is 31.0 Å². The Morgan fingerprint density at radius 3 is 2.87 bits per heavy atom. The first kappa shape index (κ1) is 20.0. The lowest BCUT2D eigenvalue weighted by molar-refractivity contribution is -0.134. The van der Waals surface area contributed by atoms with Gasteiger partial charge in [0.15, 0.2) is 18.1 Å². The van der Waals surface area contributed by atoms with Crippen LogP contribution >= 0.6 is 0 Å². The van der Waals surface area contributed by atoms with E-state index in [9.17, 15) is 13.6 Å². The van der Waals surface area contributed by atoms with Crippen LogP contribution in [0.2, 0.25) is 0 Å². The number of likely N-dealkylation sites (tertiary alicyclic amines) is 1. The largest absolute Gasteiger partial charge is 0.493 e. The predicted octanol–water partition coefficient (Wildman–Crippen LogP) is 2.86. The Morgan fingerprint density at radius 1 is 1.30 bits per heavy atom. The lowest BCUT2D eigenvalue weighted by Gasteiger charge is -2.32. The van der Waals surface area contributed by atoms with Gasteiger partial charge >= 0.3 is 0 Å². The highest BCUT2D eigenvalue weighted by atomic mass is 19.3. The molecule has 0 spiro atoms. The van der Waals surface area contributed by atoms with Crippen LogP contribution < -0.4 is 9.47 Å². The molecule has 1 aliphatic rings. The summed E-state index contributed by atoms with van der Waals surface area (Å²) in [5.74, 6) is 0.830. The zero-order valence-electron chi connectivity index (χ0n) is 16.4. The van der Waals surface area contributed by atoms with E-state index in [0.29, 0.717) is 30.3 Å². The van der Waals surface area contributed by atoms with Gasteiger partial charge in [0.25, 0.3) is 18.1 Å². The number of nitrogens with zero attached hydrogens (tertiary/aromatic N) is 5. The molecular weight excluding hydrogens is 396 g/mol. The van der Waals surface area contributed by atoms with E-state index in [1.54, 1.807) is 23.1 Å². The van der Waals surface area contributed by atoms with Crippen molar-refractivity contribution in [3.05, 3.63) is 48.0 Å². The van der Waals surface area contributed by atoms with Crippen molar-refractivity contribution in [3.63, 3.8) is 0 Å². The van der Waals surface area contributed by atoms with Gasteiger partial charge < -0.3 is 14.4 Å². The number of fused-ring (bicyclic) bond motifs is 1. The average molecular weight is 417 g/mol. The Balaban J connectivity index is 1.47. The van der Waals surface area contributed by atoms with Crippen molar-refractivity contribution in [3.8, 4) is 11.5 Å². The normalized spacial score (nSPS) is 16.8. The predicted molar refractivity (Wildman–Crippen MR) is 103 cm³/mol. The molecule has 1 aliphatic heterocycles. The highest BCUT2D eigenvalue weighted by Crippen LogP contribution is 2.30. The fraction of sp³-hybridized carbons (Fsp3) is 0.400. The molecule has 30 heavy (non-hydrogen) atoms. The van der Waals surface area contributed by atoms with Crippen molar-refractivity contribution in [2.45, 2.75) is 25.2 Å². The maximum absolute atomic E-state index is 13.4. The van der Waals surface area contributed by atoms with E-state index in [4.69, 9.17) is 9.47 Å². The first-order chi connectivity index (χ1) is 14.6. The molecule has 0 N–H and O–H groups in total. The number of benzene rings is 1. The van der Waals surface area contributed by atoms with Gasteiger partial charge in [-0.15, -0.1) is 0 Å². The molecule has 3 aromatic rings. The van der Waals surface area contributed by atoms with E-state index < -0.39 is 6.43 Å². The van der Waals surface area contributed by atoms with Gasteiger partial charge in [-0.25, -0.2) is 13.8 Å². The molecule has 4 rings (SSSR count). The molecule has 1 unspecified atom stereocenters. The summed E-state index contributed by atoms with van der Waals surface area (Å²) in [6, 6.07) is 8.45. The van der Waals surface area contributed by atoms with Crippen LogP contribution in [0.4, 0.5) is 8.78 Å². The third-order valence-corrected chi connectivity index (χ3v) is 5.14. The zero-order valence-corrected chi connectivity index (χ0v) is 16.4. The van der Waals surface area contributed by atoms with Crippen molar-refractivity contribution in [2.75, 3.05) is 26.8 Å². The second kappa shape index (κ2) is 8.60. The van der Waals surface area contributed by atoms with Crippen LogP contribution in [0.3, 0.4) is 0 Å². The van der Waals surface area contributed by atoms with Crippen molar-refractivity contribution in [2.24, 2.45) is 0 Å². The highest BCUT2D eigenvalue weighted by Gasteiger charge is 2.28. The number of carbonyl (C=O) groups excluding carboxylic acids is 1. The monoisotopic (exact) mass is 417 g/mol. The van der Waals surface area contributed by atoms with Crippen LogP contribution in [0, 0.1) is 0 Å². The molecule has 8 nitrogen and oxygen atoms in total. The minimum absolute atomic E-state index is 0.130. The first-order valence-electron chi connectivity index (χ1n) is 9.59. The van der Waals surface area contributed by atoms with Crippen LogP contribution in [0.5, 0.6) is 11.5 Å². The number of rotatable bonds is 6. The summed E-state index contributed by atoms with van der Waals surface area (Å²) < 4.78 is 38.8. The second-order valence-corrected chi connectivity index (χ2v) is 7.00. The molecule has 3 heterocycles. The molecule has 2 aromatic heterocycles. The van der Waals surface area contributed by atoms with Gasteiger partial charge in [0.2, 0.25) is 0 Å². The van der Waals surface area contributed by atoms with Gasteiger partial charge in [-0.2, -0.15) is 14.6 Å². The summed E-state index contributed by atoms with van der Waals surface area (Å²) in [6.45, 7) is 0.833. The number of hydrogen-bond donors (Lipinski definition) is 0. The molecule has 0 saturated carbocycles. The minimum Gasteiger partial charge on any atom is -0.493 e. The van der Waals surface area contributed by atoms with Gasteiger partial charge in [-0.3, -0.25) is 4.79 Å². The van der Waals surface area contributed by atoms with E-state index in [1.165, 1.54) is 19.5 Å². The average Bonchev–Trinajstić information content (AvgIpc) is 3.25. The number of aromatic nitrogens is 4. The number of hydrogen-bond acceptors (Lipinski definition) is 6. The third kappa shape index (κ3) is 4.03. The van der Waals surface area contributed by atoms with E-state index in [0.717, 1.165) is 17.4 Å². The number of halogens is 2. The van der Waals surface area contributed by atoms with Crippen LogP contribution in [0.1, 0.15) is 36.6 Å². The quantitative estimate of drug-likeness (QED) is 0.614. The standard InChI is InChI=1S/C20H21F2N5O3/c1-29-16-6-2-3-7-17(16)30-11-18(28)26-8-4-5-13(10-26)14-9-15(19(21)22)27-20(25-14)23-12-24-27/h2-3,6-7,9,12-13,19H,4-5,8,10-11H2,1H3. The Kier molecular flexibility index (Phi) is 5.73. The molecule has 1 atom stereocenters. The first-order valence-corrected chi connectivity index (χ1v) is 9.59. The summed E-state index contributed by atoms with van der Waals surface area (Å²) >= 11 is 0. The smallest absolute Gasteiger partial charge is 0.280 e. The number of methoxy groups -OCH3 is 1.